The van der Waals surface area contributed by atoms with Crippen molar-refractivity contribution in [3.63, 3.8) is 0 Å². The molecule has 4 heteroatoms. The maximum absolute atomic E-state index is 6.15. The molecule has 1 aromatic rings. The lowest BCUT2D eigenvalue weighted by Gasteiger charge is -2.25. The standard InChI is InChI=1S/C10H18N4/c11-9-5-3-1-2-4-6-10(9)14-8-12-7-13-14/h7-10H,1-6,11H2. The Kier molecular flexibility index (Phi) is 3.14. The minimum Gasteiger partial charge on any atom is -0.326 e. The van der Waals surface area contributed by atoms with Crippen LogP contribution < -0.4 is 5.73 Å². The lowest BCUT2D eigenvalue weighted by Crippen LogP contribution is -2.33. The van der Waals surface area contributed by atoms with Crippen LogP contribution in [0.2, 0.25) is 0 Å². The third kappa shape index (κ3) is 2.12. The molecule has 2 unspecified atom stereocenters. The van der Waals surface area contributed by atoms with Crippen LogP contribution in [-0.4, -0.2) is 20.8 Å². The van der Waals surface area contributed by atoms with E-state index in [2.05, 4.69) is 10.1 Å². The Morgan fingerprint density at radius 1 is 1.14 bits per heavy atom. The summed E-state index contributed by atoms with van der Waals surface area (Å²) in [6.45, 7) is 0. The van der Waals surface area contributed by atoms with Gasteiger partial charge in [-0.05, 0) is 12.8 Å². The van der Waals surface area contributed by atoms with Crippen LogP contribution in [0.3, 0.4) is 0 Å². The Hall–Kier alpha value is -0.900. The molecule has 2 N–H and O–H groups in total. The van der Waals surface area contributed by atoms with E-state index in [1.165, 1.54) is 25.7 Å². The van der Waals surface area contributed by atoms with Crippen molar-refractivity contribution in [3.05, 3.63) is 12.7 Å². The van der Waals surface area contributed by atoms with Crippen LogP contribution in [-0.2, 0) is 0 Å². The molecule has 0 amide bonds. The summed E-state index contributed by atoms with van der Waals surface area (Å²) in [7, 11) is 0. The number of nitrogens with zero attached hydrogens (tertiary/aromatic N) is 3. The summed E-state index contributed by atoms with van der Waals surface area (Å²) in [6, 6.07) is 0.606. The number of hydrogen-bond acceptors (Lipinski definition) is 3. The highest BCUT2D eigenvalue weighted by molar-refractivity contribution is 4.80. The van der Waals surface area contributed by atoms with Gasteiger partial charge in [-0.15, -0.1) is 0 Å². The van der Waals surface area contributed by atoms with E-state index in [0.717, 1.165) is 12.8 Å². The van der Waals surface area contributed by atoms with E-state index in [0.29, 0.717) is 6.04 Å². The Labute approximate surface area is 84.5 Å². The molecule has 1 heterocycles. The van der Waals surface area contributed by atoms with Crippen molar-refractivity contribution < 1.29 is 0 Å². The second kappa shape index (κ2) is 4.55. The lowest BCUT2D eigenvalue weighted by atomic mass is 9.93. The first-order valence-corrected chi connectivity index (χ1v) is 5.47. The van der Waals surface area contributed by atoms with Crippen molar-refractivity contribution in [2.24, 2.45) is 5.73 Å². The van der Waals surface area contributed by atoms with Crippen molar-refractivity contribution >= 4 is 0 Å². The van der Waals surface area contributed by atoms with Gasteiger partial charge in [0.25, 0.3) is 0 Å². The van der Waals surface area contributed by atoms with Crippen molar-refractivity contribution in [2.75, 3.05) is 0 Å². The zero-order chi connectivity index (χ0) is 9.80. The maximum atomic E-state index is 6.15. The van der Waals surface area contributed by atoms with E-state index in [-0.39, 0.29) is 6.04 Å². The van der Waals surface area contributed by atoms with Gasteiger partial charge in [-0.2, -0.15) is 5.10 Å². The number of hydrogen-bond donors (Lipinski definition) is 1. The van der Waals surface area contributed by atoms with E-state index in [1.54, 1.807) is 12.7 Å². The van der Waals surface area contributed by atoms with Gasteiger partial charge in [-0.1, -0.05) is 25.7 Å². The first kappa shape index (κ1) is 9.65. The smallest absolute Gasteiger partial charge is 0.137 e. The largest absolute Gasteiger partial charge is 0.326 e. The molecule has 0 spiro atoms. The highest BCUT2D eigenvalue weighted by atomic mass is 15.3. The molecule has 78 valence electrons. The van der Waals surface area contributed by atoms with Gasteiger partial charge < -0.3 is 5.73 Å². The molecule has 1 aliphatic rings. The van der Waals surface area contributed by atoms with Crippen molar-refractivity contribution in [1.29, 1.82) is 0 Å². The summed E-state index contributed by atoms with van der Waals surface area (Å²) in [6.07, 6.45) is 10.8. The van der Waals surface area contributed by atoms with Gasteiger partial charge in [0.2, 0.25) is 0 Å². The number of aromatic nitrogens is 3. The third-order valence-corrected chi connectivity index (χ3v) is 3.06. The molecule has 2 rings (SSSR count). The predicted octanol–water partition coefficient (Wildman–Crippen LogP) is 1.50. The first-order chi connectivity index (χ1) is 6.88. The molecule has 1 aliphatic carbocycles. The molecule has 1 saturated carbocycles. The van der Waals surface area contributed by atoms with E-state index in [4.69, 9.17) is 5.73 Å². The van der Waals surface area contributed by atoms with Crippen molar-refractivity contribution in [3.8, 4) is 0 Å². The minimum absolute atomic E-state index is 0.247. The third-order valence-electron chi connectivity index (χ3n) is 3.06. The van der Waals surface area contributed by atoms with Crippen molar-refractivity contribution in [1.82, 2.24) is 14.8 Å². The molecule has 1 aromatic heterocycles. The second-order valence-electron chi connectivity index (χ2n) is 4.10. The zero-order valence-corrected chi connectivity index (χ0v) is 8.47. The number of rotatable bonds is 1. The normalized spacial score (nSPS) is 29.5. The Morgan fingerprint density at radius 3 is 2.64 bits per heavy atom. The lowest BCUT2D eigenvalue weighted by molar-refractivity contribution is 0.306. The van der Waals surface area contributed by atoms with Gasteiger partial charge in [0.1, 0.15) is 12.7 Å². The molecular weight excluding hydrogens is 176 g/mol. The minimum atomic E-state index is 0.247. The van der Waals surface area contributed by atoms with Gasteiger partial charge in [0.05, 0.1) is 6.04 Å². The zero-order valence-electron chi connectivity index (χ0n) is 8.47. The Bertz CT molecular complexity index is 257. The van der Waals surface area contributed by atoms with Crippen LogP contribution in [0, 0.1) is 0 Å². The monoisotopic (exact) mass is 194 g/mol. The van der Waals surface area contributed by atoms with E-state index in [1.807, 2.05) is 4.68 Å². The number of nitrogens with two attached hydrogens (primary N) is 1. The van der Waals surface area contributed by atoms with Crippen LogP contribution in [0.1, 0.15) is 44.6 Å². The van der Waals surface area contributed by atoms with Gasteiger partial charge in [0.15, 0.2) is 0 Å². The fraction of sp³-hybridized carbons (Fsp3) is 0.800. The molecule has 4 nitrogen and oxygen atoms in total. The van der Waals surface area contributed by atoms with Crippen LogP contribution >= 0.6 is 0 Å². The van der Waals surface area contributed by atoms with Crippen LogP contribution in [0.5, 0.6) is 0 Å². The molecule has 14 heavy (non-hydrogen) atoms. The average Bonchev–Trinajstić information content (AvgIpc) is 2.65. The highest BCUT2D eigenvalue weighted by Crippen LogP contribution is 2.24. The van der Waals surface area contributed by atoms with E-state index >= 15 is 0 Å². The Morgan fingerprint density at radius 2 is 1.93 bits per heavy atom. The van der Waals surface area contributed by atoms with Crippen LogP contribution in [0.15, 0.2) is 12.7 Å². The SMILES string of the molecule is NC1CCCCCCC1n1cncn1. The first-order valence-electron chi connectivity index (χ1n) is 5.47. The summed E-state index contributed by atoms with van der Waals surface area (Å²) in [5, 5.41) is 4.19. The molecule has 2 atom stereocenters. The summed E-state index contributed by atoms with van der Waals surface area (Å²) >= 11 is 0. The van der Waals surface area contributed by atoms with Gasteiger partial charge in [-0.3, -0.25) is 0 Å². The molecule has 0 radical (unpaired) electrons. The maximum Gasteiger partial charge on any atom is 0.137 e. The fourth-order valence-corrected chi connectivity index (χ4v) is 2.21. The van der Waals surface area contributed by atoms with E-state index in [9.17, 15) is 0 Å². The summed E-state index contributed by atoms with van der Waals surface area (Å²) in [5.74, 6) is 0. The van der Waals surface area contributed by atoms with Crippen LogP contribution in [0.25, 0.3) is 0 Å². The van der Waals surface area contributed by atoms with Gasteiger partial charge >= 0.3 is 0 Å². The second-order valence-corrected chi connectivity index (χ2v) is 4.10. The molecule has 0 saturated heterocycles. The molecule has 0 aromatic carbocycles. The molecule has 0 bridgehead atoms. The summed E-state index contributed by atoms with van der Waals surface area (Å²) in [4.78, 5) is 3.98. The predicted molar refractivity (Wildman–Crippen MR) is 54.7 cm³/mol. The molecule has 1 fully saturated rings. The quantitative estimate of drug-likeness (QED) is 0.737. The summed E-state index contributed by atoms with van der Waals surface area (Å²) < 4.78 is 1.93. The average molecular weight is 194 g/mol. The molecular formula is C10H18N4. The Balaban J connectivity index is 2.06. The van der Waals surface area contributed by atoms with E-state index < -0.39 is 0 Å². The fourth-order valence-electron chi connectivity index (χ4n) is 2.21. The van der Waals surface area contributed by atoms with Gasteiger partial charge in [0, 0.05) is 6.04 Å². The summed E-state index contributed by atoms with van der Waals surface area (Å²) in [5.41, 5.74) is 6.15. The van der Waals surface area contributed by atoms with Crippen LogP contribution in [0.4, 0.5) is 0 Å². The highest BCUT2D eigenvalue weighted by Gasteiger charge is 2.21. The molecule has 0 aliphatic heterocycles. The topological polar surface area (TPSA) is 56.7 Å². The van der Waals surface area contributed by atoms with Crippen molar-refractivity contribution in [2.45, 2.75) is 50.6 Å². The van der Waals surface area contributed by atoms with Gasteiger partial charge in [-0.25, -0.2) is 9.67 Å².